The summed E-state index contributed by atoms with van der Waals surface area (Å²) in [5, 5.41) is 2.84. The van der Waals surface area contributed by atoms with Gasteiger partial charge in [0.1, 0.15) is 5.15 Å². The second-order valence-electron chi connectivity index (χ2n) is 3.62. The molecule has 84 valence electrons. The number of cyclic esters (lactones) is 1. The molecule has 2 rings (SSSR count). The number of esters is 1. The SMILES string of the molecule is C[C@]1(c2ccnc(Cl)c2)NC(=O)COC1=O. The number of nitrogens with zero attached hydrogens (tertiary/aromatic N) is 1. The van der Waals surface area contributed by atoms with E-state index < -0.39 is 11.5 Å². The van der Waals surface area contributed by atoms with Crippen molar-refractivity contribution in [3.05, 3.63) is 29.0 Å². The second-order valence-corrected chi connectivity index (χ2v) is 4.00. The van der Waals surface area contributed by atoms with Gasteiger partial charge >= 0.3 is 5.97 Å². The minimum absolute atomic E-state index is 0.243. The van der Waals surface area contributed by atoms with Crippen LogP contribution < -0.4 is 5.32 Å². The van der Waals surface area contributed by atoms with Gasteiger partial charge in [-0.05, 0) is 24.6 Å². The first-order valence-corrected chi connectivity index (χ1v) is 5.00. The third-order valence-electron chi connectivity index (χ3n) is 2.44. The zero-order valence-electron chi connectivity index (χ0n) is 8.49. The van der Waals surface area contributed by atoms with Gasteiger partial charge in [-0.25, -0.2) is 9.78 Å². The molecule has 1 aliphatic heterocycles. The zero-order chi connectivity index (χ0) is 11.8. The molecule has 1 saturated heterocycles. The van der Waals surface area contributed by atoms with Crippen LogP contribution in [0.3, 0.4) is 0 Å². The number of carbonyl (C=O) groups is 2. The van der Waals surface area contributed by atoms with Crippen molar-refractivity contribution < 1.29 is 14.3 Å². The van der Waals surface area contributed by atoms with E-state index in [0.29, 0.717) is 5.56 Å². The smallest absolute Gasteiger partial charge is 0.336 e. The number of hydrogen-bond donors (Lipinski definition) is 1. The van der Waals surface area contributed by atoms with Crippen molar-refractivity contribution in [1.29, 1.82) is 0 Å². The number of hydrogen-bond acceptors (Lipinski definition) is 4. The lowest BCUT2D eigenvalue weighted by atomic mass is 9.92. The molecule has 0 unspecified atom stereocenters. The molecule has 0 saturated carbocycles. The monoisotopic (exact) mass is 240 g/mol. The van der Waals surface area contributed by atoms with Crippen molar-refractivity contribution in [3.8, 4) is 0 Å². The van der Waals surface area contributed by atoms with Crippen LogP contribution >= 0.6 is 11.6 Å². The molecule has 1 N–H and O–H groups in total. The van der Waals surface area contributed by atoms with Crippen LogP contribution in [0.4, 0.5) is 0 Å². The number of nitrogens with one attached hydrogen (secondary N) is 1. The molecule has 0 aromatic carbocycles. The number of aromatic nitrogens is 1. The molecule has 0 aliphatic carbocycles. The second kappa shape index (κ2) is 3.75. The van der Waals surface area contributed by atoms with Crippen molar-refractivity contribution in [3.63, 3.8) is 0 Å². The number of amides is 1. The Morgan fingerprint density at radius 3 is 3.00 bits per heavy atom. The van der Waals surface area contributed by atoms with Gasteiger partial charge in [0.25, 0.3) is 5.91 Å². The van der Waals surface area contributed by atoms with Crippen LogP contribution in [-0.4, -0.2) is 23.5 Å². The fourth-order valence-corrected chi connectivity index (χ4v) is 1.72. The van der Waals surface area contributed by atoms with Gasteiger partial charge in [0.15, 0.2) is 12.1 Å². The topological polar surface area (TPSA) is 68.3 Å². The Morgan fingerprint density at radius 2 is 2.31 bits per heavy atom. The molecule has 16 heavy (non-hydrogen) atoms. The fourth-order valence-electron chi connectivity index (χ4n) is 1.54. The molecule has 0 spiro atoms. The van der Waals surface area contributed by atoms with Gasteiger partial charge in [0.2, 0.25) is 0 Å². The normalized spacial score (nSPS) is 24.9. The van der Waals surface area contributed by atoms with Crippen LogP contribution in [0, 0.1) is 0 Å². The first-order valence-electron chi connectivity index (χ1n) is 4.62. The summed E-state index contributed by atoms with van der Waals surface area (Å²) < 4.78 is 4.79. The lowest BCUT2D eigenvalue weighted by molar-refractivity contribution is -0.163. The number of morpholine rings is 1. The lowest BCUT2D eigenvalue weighted by Crippen LogP contribution is -2.56. The Balaban J connectivity index is 2.43. The summed E-state index contributed by atoms with van der Waals surface area (Å²) in [6, 6.07) is 3.13. The number of ether oxygens (including phenoxy) is 1. The summed E-state index contributed by atoms with van der Waals surface area (Å²) in [4.78, 5) is 26.7. The first kappa shape index (κ1) is 10.9. The van der Waals surface area contributed by atoms with Gasteiger partial charge in [-0.1, -0.05) is 11.6 Å². The van der Waals surface area contributed by atoms with Crippen LogP contribution in [0.2, 0.25) is 5.15 Å². The molecule has 1 amide bonds. The van der Waals surface area contributed by atoms with Gasteiger partial charge in [0.05, 0.1) is 0 Å². The minimum atomic E-state index is -1.19. The van der Waals surface area contributed by atoms with Crippen LogP contribution in [0.25, 0.3) is 0 Å². The average Bonchev–Trinajstić information content (AvgIpc) is 2.24. The Hall–Kier alpha value is -1.62. The minimum Gasteiger partial charge on any atom is -0.454 e. The molecule has 2 heterocycles. The van der Waals surface area contributed by atoms with Gasteiger partial charge in [-0.15, -0.1) is 0 Å². The van der Waals surface area contributed by atoms with Crippen LogP contribution in [0.1, 0.15) is 12.5 Å². The molecule has 1 fully saturated rings. The summed E-state index contributed by atoms with van der Waals surface area (Å²) in [5.41, 5.74) is -0.646. The van der Waals surface area contributed by atoms with E-state index in [1.165, 1.54) is 12.3 Å². The lowest BCUT2D eigenvalue weighted by Gasteiger charge is -2.32. The predicted octanol–water partition coefficient (Wildman–Crippen LogP) is 0.623. The molecule has 1 atom stereocenters. The zero-order valence-corrected chi connectivity index (χ0v) is 9.25. The van der Waals surface area contributed by atoms with E-state index in [2.05, 4.69) is 10.3 Å². The molecule has 0 bridgehead atoms. The number of halogens is 1. The quantitative estimate of drug-likeness (QED) is 0.577. The summed E-state index contributed by atoms with van der Waals surface area (Å²) in [7, 11) is 0. The highest BCUT2D eigenvalue weighted by Crippen LogP contribution is 2.25. The summed E-state index contributed by atoms with van der Waals surface area (Å²) in [6.45, 7) is 1.32. The molecule has 6 heteroatoms. The highest BCUT2D eigenvalue weighted by molar-refractivity contribution is 6.29. The fraction of sp³-hybridized carbons (Fsp3) is 0.300. The maximum Gasteiger partial charge on any atom is 0.336 e. The molecule has 0 radical (unpaired) electrons. The summed E-state index contributed by atoms with van der Waals surface area (Å²) in [6.07, 6.45) is 1.47. The van der Waals surface area contributed by atoms with Gasteiger partial charge < -0.3 is 10.1 Å². The highest BCUT2D eigenvalue weighted by atomic mass is 35.5. The van der Waals surface area contributed by atoms with E-state index in [1.807, 2.05) is 0 Å². The molecule has 1 aromatic heterocycles. The molecular formula is C10H9ClN2O3. The standard InChI is InChI=1S/C10H9ClN2O3/c1-10(6-2-3-12-7(11)4-6)9(15)16-5-8(14)13-10/h2-4H,5H2,1H3,(H,13,14)/t10-/m1/s1. The molecular weight excluding hydrogens is 232 g/mol. The number of carbonyl (C=O) groups excluding carboxylic acids is 2. The van der Waals surface area contributed by atoms with E-state index in [9.17, 15) is 9.59 Å². The van der Waals surface area contributed by atoms with Crippen LogP contribution in [0.5, 0.6) is 0 Å². The Bertz CT molecular complexity index is 463. The molecule has 1 aliphatic rings. The third kappa shape index (κ3) is 1.74. The van der Waals surface area contributed by atoms with Crippen molar-refractivity contribution in [2.45, 2.75) is 12.5 Å². The van der Waals surface area contributed by atoms with Gasteiger partial charge in [0, 0.05) is 6.20 Å². The third-order valence-corrected chi connectivity index (χ3v) is 2.64. The van der Waals surface area contributed by atoms with Crippen molar-refractivity contribution in [2.24, 2.45) is 0 Å². The van der Waals surface area contributed by atoms with Gasteiger partial charge in [-0.3, -0.25) is 4.79 Å². The van der Waals surface area contributed by atoms with Gasteiger partial charge in [-0.2, -0.15) is 0 Å². The van der Waals surface area contributed by atoms with E-state index in [-0.39, 0.29) is 17.7 Å². The first-order chi connectivity index (χ1) is 7.52. The van der Waals surface area contributed by atoms with Crippen LogP contribution in [-0.2, 0) is 19.9 Å². The molecule has 5 nitrogen and oxygen atoms in total. The number of pyridine rings is 1. The van der Waals surface area contributed by atoms with Crippen molar-refractivity contribution >= 4 is 23.5 Å². The molecule has 1 aromatic rings. The summed E-state index contributed by atoms with van der Waals surface area (Å²) in [5.74, 6) is -0.843. The Kier molecular flexibility index (Phi) is 2.55. The Morgan fingerprint density at radius 1 is 1.56 bits per heavy atom. The summed E-state index contributed by atoms with van der Waals surface area (Å²) >= 11 is 5.73. The maximum atomic E-state index is 11.7. The van der Waals surface area contributed by atoms with E-state index in [0.717, 1.165) is 0 Å². The van der Waals surface area contributed by atoms with Crippen molar-refractivity contribution in [1.82, 2.24) is 10.3 Å². The maximum absolute atomic E-state index is 11.7. The largest absolute Gasteiger partial charge is 0.454 e. The van der Waals surface area contributed by atoms with Crippen LogP contribution in [0.15, 0.2) is 18.3 Å². The Labute approximate surface area is 96.8 Å². The van der Waals surface area contributed by atoms with E-state index >= 15 is 0 Å². The van der Waals surface area contributed by atoms with Crippen molar-refractivity contribution in [2.75, 3.05) is 6.61 Å². The predicted molar refractivity (Wildman–Crippen MR) is 55.7 cm³/mol. The number of rotatable bonds is 1. The van der Waals surface area contributed by atoms with E-state index in [4.69, 9.17) is 16.3 Å². The highest BCUT2D eigenvalue weighted by Gasteiger charge is 2.42. The van der Waals surface area contributed by atoms with E-state index in [1.54, 1.807) is 13.0 Å². The average molecular weight is 241 g/mol.